The summed E-state index contributed by atoms with van der Waals surface area (Å²) in [4.78, 5) is 12.4. The number of carbonyl (C=O) groups is 1. The van der Waals surface area contributed by atoms with Crippen molar-refractivity contribution in [1.82, 2.24) is 5.32 Å². The zero-order valence-corrected chi connectivity index (χ0v) is 16.5. The Kier molecular flexibility index (Phi) is 6.72. The van der Waals surface area contributed by atoms with E-state index >= 15 is 0 Å². The molecule has 1 amide bonds. The molecule has 1 aliphatic heterocycles. The third kappa shape index (κ3) is 4.73. The van der Waals surface area contributed by atoms with Crippen molar-refractivity contribution in [3.8, 4) is 23.0 Å². The Morgan fingerprint density at radius 2 is 2.04 bits per heavy atom. The molecule has 1 heterocycles. The van der Waals surface area contributed by atoms with Crippen molar-refractivity contribution < 1.29 is 28.8 Å². The molecule has 3 rings (SSSR count). The summed E-state index contributed by atoms with van der Waals surface area (Å²) in [6, 6.07) is 8.08. The molecule has 0 aromatic heterocycles. The molecule has 9 heteroatoms. The Hall–Kier alpha value is -2.35. The first-order chi connectivity index (χ1) is 13.5. The van der Waals surface area contributed by atoms with Crippen molar-refractivity contribution in [3.63, 3.8) is 0 Å². The fourth-order valence-electron chi connectivity index (χ4n) is 2.56. The standard InChI is InChI=1S/C19H19Cl2NO6/c1-25-15-7-11(8-16-18(15)27-6-5-26-16)19(24)22-9-12(23)10-28-14-4-2-3-13(20)17(14)21/h2-4,7-8,12,23H,5-6,9-10H2,1H3,(H,22,24). The molecule has 0 saturated heterocycles. The van der Waals surface area contributed by atoms with Crippen molar-refractivity contribution in [1.29, 1.82) is 0 Å². The van der Waals surface area contributed by atoms with Crippen LogP contribution in [0.3, 0.4) is 0 Å². The summed E-state index contributed by atoms with van der Waals surface area (Å²) in [5, 5.41) is 13.3. The quantitative estimate of drug-likeness (QED) is 0.706. The molecular weight excluding hydrogens is 409 g/mol. The van der Waals surface area contributed by atoms with E-state index in [1.165, 1.54) is 7.11 Å². The van der Waals surface area contributed by atoms with Gasteiger partial charge in [0.1, 0.15) is 36.7 Å². The van der Waals surface area contributed by atoms with E-state index in [9.17, 15) is 9.90 Å². The molecule has 1 unspecified atom stereocenters. The van der Waals surface area contributed by atoms with Gasteiger partial charge in [-0.1, -0.05) is 29.3 Å². The maximum atomic E-state index is 12.4. The number of aliphatic hydroxyl groups is 1. The smallest absolute Gasteiger partial charge is 0.251 e. The number of hydrogen-bond donors (Lipinski definition) is 2. The highest BCUT2D eigenvalue weighted by Crippen LogP contribution is 2.40. The number of ether oxygens (including phenoxy) is 4. The molecule has 0 aliphatic carbocycles. The predicted octanol–water partition coefficient (Wildman–Crippen LogP) is 2.94. The molecule has 2 N–H and O–H groups in total. The molecule has 28 heavy (non-hydrogen) atoms. The SMILES string of the molecule is COc1cc(C(=O)NCC(O)COc2cccc(Cl)c2Cl)cc2c1OCCO2. The third-order valence-electron chi connectivity index (χ3n) is 3.94. The number of benzene rings is 2. The first-order valence-corrected chi connectivity index (χ1v) is 9.26. The molecule has 2 aromatic carbocycles. The average Bonchev–Trinajstić information content (AvgIpc) is 2.72. The summed E-state index contributed by atoms with van der Waals surface area (Å²) in [7, 11) is 1.48. The number of fused-ring (bicyclic) bond motifs is 1. The van der Waals surface area contributed by atoms with Gasteiger partial charge < -0.3 is 29.4 Å². The van der Waals surface area contributed by atoms with Gasteiger partial charge in [0.15, 0.2) is 11.5 Å². The Labute approximate surface area is 172 Å². The molecular formula is C19H19Cl2NO6. The summed E-state index contributed by atoms with van der Waals surface area (Å²) < 4.78 is 21.7. The summed E-state index contributed by atoms with van der Waals surface area (Å²) >= 11 is 11.9. The van der Waals surface area contributed by atoms with E-state index in [0.29, 0.717) is 46.8 Å². The van der Waals surface area contributed by atoms with Gasteiger partial charge in [-0.2, -0.15) is 0 Å². The molecule has 7 nitrogen and oxygen atoms in total. The van der Waals surface area contributed by atoms with Crippen LogP contribution in [0, 0.1) is 0 Å². The van der Waals surface area contributed by atoms with Crippen molar-refractivity contribution in [2.75, 3.05) is 33.5 Å². The number of amides is 1. The summed E-state index contributed by atoms with van der Waals surface area (Å²) in [6.45, 7) is 0.722. The van der Waals surface area contributed by atoms with Gasteiger partial charge in [0.05, 0.1) is 12.1 Å². The third-order valence-corrected chi connectivity index (χ3v) is 4.74. The summed E-state index contributed by atoms with van der Waals surface area (Å²) in [5.41, 5.74) is 0.326. The number of nitrogens with one attached hydrogen (secondary N) is 1. The second-order valence-corrected chi connectivity index (χ2v) is 6.71. The van der Waals surface area contributed by atoms with E-state index < -0.39 is 12.0 Å². The van der Waals surface area contributed by atoms with Crippen LogP contribution in [0.1, 0.15) is 10.4 Å². The maximum absolute atomic E-state index is 12.4. The lowest BCUT2D eigenvalue weighted by atomic mass is 10.1. The van der Waals surface area contributed by atoms with Gasteiger partial charge >= 0.3 is 0 Å². The maximum Gasteiger partial charge on any atom is 0.251 e. The lowest BCUT2D eigenvalue weighted by molar-refractivity contribution is 0.0842. The van der Waals surface area contributed by atoms with Crippen LogP contribution in [-0.4, -0.2) is 50.6 Å². The van der Waals surface area contributed by atoms with Gasteiger partial charge in [-0.3, -0.25) is 4.79 Å². The minimum atomic E-state index is -0.946. The van der Waals surface area contributed by atoms with Gasteiger partial charge in [-0.25, -0.2) is 0 Å². The highest BCUT2D eigenvalue weighted by Gasteiger charge is 2.21. The topological polar surface area (TPSA) is 86.3 Å². The average molecular weight is 428 g/mol. The highest BCUT2D eigenvalue weighted by molar-refractivity contribution is 6.42. The molecule has 0 saturated carbocycles. The van der Waals surface area contributed by atoms with Gasteiger partial charge in [-0.05, 0) is 24.3 Å². The zero-order valence-electron chi connectivity index (χ0n) is 15.0. The fourth-order valence-corrected chi connectivity index (χ4v) is 2.90. The Balaban J connectivity index is 1.57. The number of carbonyl (C=O) groups excluding carboxylic acids is 1. The van der Waals surface area contributed by atoms with Crippen molar-refractivity contribution in [3.05, 3.63) is 45.9 Å². The normalized spacial score (nSPS) is 13.6. The van der Waals surface area contributed by atoms with Crippen LogP contribution in [0.15, 0.2) is 30.3 Å². The Morgan fingerprint density at radius 3 is 2.82 bits per heavy atom. The largest absolute Gasteiger partial charge is 0.493 e. The second kappa shape index (κ2) is 9.23. The molecule has 0 spiro atoms. The van der Waals surface area contributed by atoms with Crippen LogP contribution in [-0.2, 0) is 0 Å². The van der Waals surface area contributed by atoms with E-state index in [-0.39, 0.29) is 18.2 Å². The fraction of sp³-hybridized carbons (Fsp3) is 0.316. The predicted molar refractivity (Wildman–Crippen MR) is 104 cm³/mol. The van der Waals surface area contributed by atoms with E-state index in [1.807, 2.05) is 0 Å². The van der Waals surface area contributed by atoms with E-state index in [0.717, 1.165) is 0 Å². The lowest BCUT2D eigenvalue weighted by Crippen LogP contribution is -2.35. The lowest BCUT2D eigenvalue weighted by Gasteiger charge is -2.21. The van der Waals surface area contributed by atoms with Crippen LogP contribution in [0.25, 0.3) is 0 Å². The zero-order chi connectivity index (χ0) is 20.1. The van der Waals surface area contributed by atoms with Gasteiger partial charge in [0.2, 0.25) is 5.75 Å². The number of halogens is 2. The van der Waals surface area contributed by atoms with Crippen LogP contribution in [0.2, 0.25) is 10.0 Å². The van der Waals surface area contributed by atoms with E-state index in [2.05, 4.69) is 5.32 Å². The Morgan fingerprint density at radius 1 is 1.25 bits per heavy atom. The van der Waals surface area contributed by atoms with Gasteiger partial charge in [-0.15, -0.1) is 0 Å². The van der Waals surface area contributed by atoms with Crippen molar-refractivity contribution >= 4 is 29.1 Å². The molecule has 150 valence electrons. The summed E-state index contributed by atoms with van der Waals surface area (Å²) in [6.07, 6.45) is -0.946. The van der Waals surface area contributed by atoms with E-state index in [4.69, 9.17) is 42.1 Å². The number of hydrogen-bond acceptors (Lipinski definition) is 6. The minimum Gasteiger partial charge on any atom is -0.493 e. The minimum absolute atomic E-state index is 0.0201. The second-order valence-electron chi connectivity index (χ2n) is 5.93. The molecule has 1 aliphatic rings. The molecule has 2 aromatic rings. The van der Waals surface area contributed by atoms with Gasteiger partial charge in [0.25, 0.3) is 5.91 Å². The van der Waals surface area contributed by atoms with Crippen LogP contribution in [0.4, 0.5) is 0 Å². The number of rotatable bonds is 7. The van der Waals surface area contributed by atoms with E-state index in [1.54, 1.807) is 30.3 Å². The first kappa shape index (κ1) is 20.4. The molecule has 1 atom stereocenters. The highest BCUT2D eigenvalue weighted by atomic mass is 35.5. The monoisotopic (exact) mass is 427 g/mol. The van der Waals surface area contributed by atoms with Crippen molar-refractivity contribution in [2.45, 2.75) is 6.10 Å². The Bertz CT molecular complexity index is 843. The summed E-state index contributed by atoms with van der Waals surface area (Å²) in [5.74, 6) is 1.28. The number of aliphatic hydroxyl groups excluding tert-OH is 1. The number of methoxy groups -OCH3 is 1. The molecule has 0 bridgehead atoms. The van der Waals surface area contributed by atoms with Crippen LogP contribution in [0.5, 0.6) is 23.0 Å². The van der Waals surface area contributed by atoms with Crippen LogP contribution < -0.4 is 24.3 Å². The van der Waals surface area contributed by atoms with Crippen LogP contribution >= 0.6 is 23.2 Å². The van der Waals surface area contributed by atoms with Gasteiger partial charge in [0, 0.05) is 12.1 Å². The molecule has 0 fully saturated rings. The first-order valence-electron chi connectivity index (χ1n) is 8.50. The molecule has 0 radical (unpaired) electrons. The van der Waals surface area contributed by atoms with Crippen molar-refractivity contribution in [2.24, 2.45) is 0 Å².